The van der Waals surface area contributed by atoms with Crippen molar-refractivity contribution in [1.29, 1.82) is 0 Å². The molecule has 17 heavy (non-hydrogen) atoms. The molecule has 1 fully saturated rings. The average molecular weight is 234 g/mol. The molecule has 1 unspecified atom stereocenters. The highest BCUT2D eigenvalue weighted by Crippen LogP contribution is 2.23. The van der Waals surface area contributed by atoms with Gasteiger partial charge in [-0.1, -0.05) is 6.92 Å². The lowest BCUT2D eigenvalue weighted by Crippen LogP contribution is -2.55. The molecule has 1 saturated heterocycles. The van der Waals surface area contributed by atoms with Crippen molar-refractivity contribution >= 4 is 11.6 Å². The normalized spacial score (nSPS) is 20.2. The lowest BCUT2D eigenvalue weighted by Gasteiger charge is -2.37. The predicted molar refractivity (Wildman–Crippen MR) is 66.6 cm³/mol. The molecule has 92 valence electrons. The molecule has 2 heterocycles. The molecule has 0 aliphatic carbocycles. The maximum absolute atomic E-state index is 11.8. The number of aromatic nitrogens is 1. The number of nitrogens with zero attached hydrogens (tertiary/aromatic N) is 2. The number of amides is 1. The first-order valence-corrected chi connectivity index (χ1v) is 5.95. The minimum absolute atomic E-state index is 0.0885. The number of carbonyl (C=O) groups excluding carboxylic acids is 1. The summed E-state index contributed by atoms with van der Waals surface area (Å²) >= 11 is 0. The van der Waals surface area contributed by atoms with Gasteiger partial charge in [-0.05, 0) is 18.1 Å². The van der Waals surface area contributed by atoms with E-state index in [4.69, 9.17) is 5.73 Å². The van der Waals surface area contributed by atoms with Crippen LogP contribution in [0.5, 0.6) is 0 Å². The average Bonchev–Trinajstić information content (AvgIpc) is 2.38. The number of rotatable bonds is 3. The molecule has 0 bridgehead atoms. The first kappa shape index (κ1) is 11.9. The molecule has 0 aromatic carbocycles. The van der Waals surface area contributed by atoms with Gasteiger partial charge in [0, 0.05) is 25.8 Å². The number of piperazine rings is 1. The molecule has 1 amide bonds. The molecular weight excluding hydrogens is 216 g/mol. The molecule has 5 heteroatoms. The minimum Gasteiger partial charge on any atom is -0.356 e. The van der Waals surface area contributed by atoms with Gasteiger partial charge in [0.2, 0.25) is 5.91 Å². The number of hydrogen-bond acceptors (Lipinski definition) is 4. The van der Waals surface area contributed by atoms with Gasteiger partial charge in [-0.25, -0.2) is 0 Å². The van der Waals surface area contributed by atoms with E-state index < -0.39 is 0 Å². The molecule has 2 rings (SSSR count). The molecule has 1 atom stereocenters. The van der Waals surface area contributed by atoms with Crippen LogP contribution >= 0.6 is 0 Å². The highest BCUT2D eigenvalue weighted by Gasteiger charge is 2.29. The molecule has 5 nitrogen and oxygen atoms in total. The van der Waals surface area contributed by atoms with Crippen LogP contribution in [0, 0.1) is 0 Å². The van der Waals surface area contributed by atoms with Crippen molar-refractivity contribution < 1.29 is 4.79 Å². The van der Waals surface area contributed by atoms with E-state index in [-0.39, 0.29) is 11.9 Å². The lowest BCUT2D eigenvalue weighted by atomic mass is 10.1. The summed E-state index contributed by atoms with van der Waals surface area (Å²) in [5.74, 6) is 0.0885. The van der Waals surface area contributed by atoms with E-state index in [1.807, 2.05) is 13.0 Å². The summed E-state index contributed by atoms with van der Waals surface area (Å²) in [6.45, 7) is 3.96. The van der Waals surface area contributed by atoms with E-state index in [9.17, 15) is 4.79 Å². The van der Waals surface area contributed by atoms with Gasteiger partial charge >= 0.3 is 0 Å². The Morgan fingerprint density at radius 3 is 3.18 bits per heavy atom. The SMILES string of the molecule is CCC1C(=O)NCCN1c1cnccc1CN. The molecule has 3 N–H and O–H groups in total. The predicted octanol–water partition coefficient (Wildman–Crippen LogP) is 0.255. The molecule has 1 aliphatic rings. The van der Waals surface area contributed by atoms with Crippen molar-refractivity contribution in [2.45, 2.75) is 25.9 Å². The van der Waals surface area contributed by atoms with Crippen LogP contribution in [-0.4, -0.2) is 30.0 Å². The first-order chi connectivity index (χ1) is 8.27. The summed E-state index contributed by atoms with van der Waals surface area (Å²) in [6.07, 6.45) is 4.31. The Labute approximate surface area is 101 Å². The van der Waals surface area contributed by atoms with E-state index in [0.29, 0.717) is 13.1 Å². The smallest absolute Gasteiger partial charge is 0.242 e. The molecule has 0 radical (unpaired) electrons. The summed E-state index contributed by atoms with van der Waals surface area (Å²) in [7, 11) is 0. The number of carbonyl (C=O) groups is 1. The van der Waals surface area contributed by atoms with Crippen LogP contribution in [0.2, 0.25) is 0 Å². The summed E-state index contributed by atoms with van der Waals surface area (Å²) in [6, 6.07) is 1.80. The standard InChI is InChI=1S/C12H18N4O/c1-2-10-12(17)15-5-6-16(10)11-8-14-4-3-9(11)7-13/h3-4,8,10H,2,5-7,13H2,1H3,(H,15,17). The lowest BCUT2D eigenvalue weighted by molar-refractivity contribution is -0.123. The van der Waals surface area contributed by atoms with Crippen LogP contribution < -0.4 is 16.0 Å². The Kier molecular flexibility index (Phi) is 3.58. The zero-order valence-corrected chi connectivity index (χ0v) is 10.0. The topological polar surface area (TPSA) is 71.2 Å². The Balaban J connectivity index is 2.33. The minimum atomic E-state index is -0.113. The van der Waals surface area contributed by atoms with Gasteiger partial charge < -0.3 is 16.0 Å². The van der Waals surface area contributed by atoms with Crippen molar-refractivity contribution in [3.63, 3.8) is 0 Å². The van der Waals surface area contributed by atoms with Crippen molar-refractivity contribution in [2.24, 2.45) is 5.73 Å². The Hall–Kier alpha value is -1.62. The zero-order chi connectivity index (χ0) is 12.3. The Bertz CT molecular complexity index is 407. The van der Waals surface area contributed by atoms with Crippen molar-refractivity contribution in [3.05, 3.63) is 24.0 Å². The fourth-order valence-corrected chi connectivity index (χ4v) is 2.26. The molecule has 1 aromatic heterocycles. The van der Waals surface area contributed by atoms with E-state index in [2.05, 4.69) is 15.2 Å². The second kappa shape index (κ2) is 5.14. The Morgan fingerprint density at radius 1 is 1.65 bits per heavy atom. The van der Waals surface area contributed by atoms with Gasteiger partial charge in [0.25, 0.3) is 0 Å². The third-order valence-corrected chi connectivity index (χ3v) is 3.13. The van der Waals surface area contributed by atoms with Crippen LogP contribution in [0.1, 0.15) is 18.9 Å². The van der Waals surface area contributed by atoms with Crippen LogP contribution in [-0.2, 0) is 11.3 Å². The Morgan fingerprint density at radius 2 is 2.47 bits per heavy atom. The molecular formula is C12H18N4O. The highest BCUT2D eigenvalue weighted by molar-refractivity contribution is 5.86. The zero-order valence-electron chi connectivity index (χ0n) is 10.0. The number of nitrogens with two attached hydrogens (primary N) is 1. The maximum atomic E-state index is 11.8. The number of pyridine rings is 1. The monoisotopic (exact) mass is 234 g/mol. The van der Waals surface area contributed by atoms with E-state index in [1.54, 1.807) is 12.4 Å². The molecule has 1 aromatic rings. The fraction of sp³-hybridized carbons (Fsp3) is 0.500. The van der Waals surface area contributed by atoms with Gasteiger partial charge in [0.15, 0.2) is 0 Å². The van der Waals surface area contributed by atoms with Gasteiger partial charge in [-0.15, -0.1) is 0 Å². The number of hydrogen-bond donors (Lipinski definition) is 2. The summed E-state index contributed by atoms with van der Waals surface area (Å²) in [5, 5.41) is 2.89. The van der Waals surface area contributed by atoms with Gasteiger partial charge in [-0.3, -0.25) is 9.78 Å². The van der Waals surface area contributed by atoms with Crippen molar-refractivity contribution in [3.8, 4) is 0 Å². The molecule has 1 aliphatic heterocycles. The number of nitrogens with one attached hydrogen (secondary N) is 1. The molecule has 0 spiro atoms. The maximum Gasteiger partial charge on any atom is 0.242 e. The molecule has 0 saturated carbocycles. The van der Waals surface area contributed by atoms with Crippen LogP contribution in [0.25, 0.3) is 0 Å². The van der Waals surface area contributed by atoms with Gasteiger partial charge in [0.05, 0.1) is 11.9 Å². The summed E-state index contributed by atoms with van der Waals surface area (Å²) in [4.78, 5) is 18.0. The quantitative estimate of drug-likeness (QED) is 0.786. The van der Waals surface area contributed by atoms with Gasteiger partial charge in [0.1, 0.15) is 6.04 Å². The highest BCUT2D eigenvalue weighted by atomic mass is 16.2. The second-order valence-corrected chi connectivity index (χ2v) is 4.12. The number of anilines is 1. The van der Waals surface area contributed by atoms with E-state index in [0.717, 1.165) is 24.2 Å². The van der Waals surface area contributed by atoms with E-state index >= 15 is 0 Å². The van der Waals surface area contributed by atoms with E-state index in [1.165, 1.54) is 0 Å². The van der Waals surface area contributed by atoms with Crippen LogP contribution in [0.3, 0.4) is 0 Å². The second-order valence-electron chi connectivity index (χ2n) is 4.12. The van der Waals surface area contributed by atoms with Crippen LogP contribution in [0.15, 0.2) is 18.5 Å². The summed E-state index contributed by atoms with van der Waals surface area (Å²) < 4.78 is 0. The largest absolute Gasteiger partial charge is 0.356 e. The van der Waals surface area contributed by atoms with Crippen molar-refractivity contribution in [1.82, 2.24) is 10.3 Å². The summed E-state index contributed by atoms with van der Waals surface area (Å²) in [5.41, 5.74) is 7.74. The van der Waals surface area contributed by atoms with Gasteiger partial charge in [-0.2, -0.15) is 0 Å². The fourth-order valence-electron chi connectivity index (χ4n) is 2.26. The third-order valence-electron chi connectivity index (χ3n) is 3.13. The first-order valence-electron chi connectivity index (χ1n) is 5.95. The third kappa shape index (κ3) is 2.24. The van der Waals surface area contributed by atoms with Crippen molar-refractivity contribution in [2.75, 3.05) is 18.0 Å². The van der Waals surface area contributed by atoms with Crippen LogP contribution in [0.4, 0.5) is 5.69 Å².